The maximum atomic E-state index is 13.0. The van der Waals surface area contributed by atoms with Crippen LogP contribution < -0.4 is 10.6 Å². The van der Waals surface area contributed by atoms with Crippen LogP contribution in [0.4, 0.5) is 9.18 Å². The summed E-state index contributed by atoms with van der Waals surface area (Å²) in [4.78, 5) is 11.6. The number of benzene rings is 1. The smallest absolute Gasteiger partial charge is 0.319 e. The highest BCUT2D eigenvalue weighted by Crippen LogP contribution is 2.34. The van der Waals surface area contributed by atoms with Crippen molar-refractivity contribution in [3.63, 3.8) is 0 Å². The fourth-order valence-corrected chi connectivity index (χ4v) is 2.32. The lowest BCUT2D eigenvalue weighted by molar-refractivity contribution is -0.135. The van der Waals surface area contributed by atoms with E-state index in [0.717, 1.165) is 0 Å². The predicted molar refractivity (Wildman–Crippen MR) is 71.0 cm³/mol. The molecule has 0 aromatic heterocycles. The summed E-state index contributed by atoms with van der Waals surface area (Å²) in [5.41, 5.74) is 1.22. The zero-order valence-corrected chi connectivity index (χ0v) is 11.3. The number of hydrogen-bond acceptors (Lipinski definition) is 3. The van der Waals surface area contributed by atoms with Gasteiger partial charge in [0.15, 0.2) is 5.79 Å². The molecule has 0 radical (unpaired) electrons. The van der Waals surface area contributed by atoms with E-state index >= 15 is 0 Å². The van der Waals surface area contributed by atoms with Crippen LogP contribution in [0.3, 0.4) is 0 Å². The van der Waals surface area contributed by atoms with Gasteiger partial charge in [-0.05, 0) is 24.6 Å². The Bertz CT molecular complexity index is 552. The lowest BCUT2D eigenvalue weighted by Gasteiger charge is -2.36. The van der Waals surface area contributed by atoms with Gasteiger partial charge >= 0.3 is 6.03 Å². The molecule has 0 aliphatic carbocycles. The summed E-state index contributed by atoms with van der Waals surface area (Å²) in [6.07, 6.45) is 0.0644. The van der Waals surface area contributed by atoms with Gasteiger partial charge in [0.25, 0.3) is 0 Å². The third-order valence-corrected chi connectivity index (χ3v) is 3.40. The molecule has 1 aromatic carbocycles. The summed E-state index contributed by atoms with van der Waals surface area (Å²) in [5, 5.41) is 25.4. The van der Waals surface area contributed by atoms with Crippen molar-refractivity contribution in [1.82, 2.24) is 10.6 Å². The molecule has 1 atom stereocenters. The number of urea groups is 1. The van der Waals surface area contributed by atoms with Crippen molar-refractivity contribution in [3.05, 3.63) is 46.9 Å². The number of hydrogen-bond donors (Lipinski definition) is 4. The van der Waals surface area contributed by atoms with Crippen LogP contribution in [0.25, 0.3) is 0 Å². The van der Waals surface area contributed by atoms with Gasteiger partial charge in [-0.3, -0.25) is 0 Å². The molecule has 2 rings (SSSR count). The first-order valence-corrected chi connectivity index (χ1v) is 6.34. The normalized spacial score (nSPS) is 19.6. The third kappa shape index (κ3) is 2.66. The van der Waals surface area contributed by atoms with E-state index in [1.165, 1.54) is 24.3 Å². The first kappa shape index (κ1) is 14.5. The first-order chi connectivity index (χ1) is 9.35. The maximum Gasteiger partial charge on any atom is 0.319 e. The number of amides is 2. The summed E-state index contributed by atoms with van der Waals surface area (Å²) < 4.78 is 13.0. The number of allylic oxidation sites excluding steroid dienone is 1. The maximum absolute atomic E-state index is 13.0. The largest absolute Gasteiger partial charge is 0.362 e. The van der Waals surface area contributed by atoms with E-state index in [-0.39, 0.29) is 12.0 Å². The molecule has 0 saturated carbocycles. The first-order valence-electron chi connectivity index (χ1n) is 6.34. The standard InChI is InChI=1S/C14H17FN2O3/c1-3-14(19,20)11-8(2)16-13(18)17-12(11)9-4-6-10(15)7-5-9/h4-7,12,19-20H,3H2,1-2H3,(H2,16,17,18)/t12-/m0/s1. The Kier molecular flexibility index (Phi) is 3.78. The molecule has 0 bridgehead atoms. The Morgan fingerprint density at radius 3 is 2.45 bits per heavy atom. The predicted octanol–water partition coefficient (Wildman–Crippen LogP) is 1.54. The fraction of sp³-hybridized carbons (Fsp3) is 0.357. The molecule has 20 heavy (non-hydrogen) atoms. The van der Waals surface area contributed by atoms with Gasteiger partial charge < -0.3 is 20.8 Å². The topological polar surface area (TPSA) is 81.6 Å². The van der Waals surface area contributed by atoms with Gasteiger partial charge in [-0.1, -0.05) is 19.1 Å². The average Bonchev–Trinajstić information content (AvgIpc) is 2.38. The summed E-state index contributed by atoms with van der Waals surface area (Å²) in [6.45, 7) is 3.22. The Hall–Kier alpha value is -1.92. The van der Waals surface area contributed by atoms with Crippen molar-refractivity contribution in [2.75, 3.05) is 0 Å². The van der Waals surface area contributed by atoms with Gasteiger partial charge in [-0.25, -0.2) is 9.18 Å². The third-order valence-electron chi connectivity index (χ3n) is 3.40. The summed E-state index contributed by atoms with van der Waals surface area (Å²) in [7, 11) is 0. The highest BCUT2D eigenvalue weighted by atomic mass is 19.1. The number of carbonyl (C=O) groups excluding carboxylic acids is 1. The Labute approximate surface area is 116 Å². The van der Waals surface area contributed by atoms with Gasteiger partial charge in [0.05, 0.1) is 6.04 Å². The van der Waals surface area contributed by atoms with Gasteiger partial charge in [0.1, 0.15) is 5.82 Å². The molecule has 4 N–H and O–H groups in total. The molecule has 0 fully saturated rings. The van der Waals surface area contributed by atoms with E-state index in [1.54, 1.807) is 13.8 Å². The van der Waals surface area contributed by atoms with E-state index < -0.39 is 23.7 Å². The number of nitrogens with one attached hydrogen (secondary N) is 2. The van der Waals surface area contributed by atoms with E-state index in [1.807, 2.05) is 0 Å². The number of halogens is 1. The molecule has 0 saturated heterocycles. The summed E-state index contributed by atoms with van der Waals surface area (Å²) in [6, 6.07) is 4.39. The SMILES string of the molecule is CCC(O)(O)C1=C(C)NC(=O)N[C@H]1c1ccc(F)cc1. The fourth-order valence-electron chi connectivity index (χ4n) is 2.32. The van der Waals surface area contributed by atoms with E-state index in [0.29, 0.717) is 11.3 Å². The molecule has 0 unspecified atom stereocenters. The Morgan fingerprint density at radius 1 is 1.30 bits per heavy atom. The zero-order valence-electron chi connectivity index (χ0n) is 11.3. The molecule has 108 valence electrons. The molecule has 1 heterocycles. The van der Waals surface area contributed by atoms with Crippen LogP contribution in [0, 0.1) is 5.82 Å². The van der Waals surface area contributed by atoms with Gasteiger partial charge in [-0.15, -0.1) is 0 Å². The minimum atomic E-state index is -2.05. The number of carbonyl (C=O) groups is 1. The quantitative estimate of drug-likeness (QED) is 0.634. The van der Waals surface area contributed by atoms with E-state index in [4.69, 9.17) is 0 Å². The molecule has 6 heteroatoms. The second-order valence-corrected chi connectivity index (χ2v) is 4.79. The van der Waals surface area contributed by atoms with Crippen LogP contribution in [0.15, 0.2) is 35.5 Å². The summed E-state index contributed by atoms with van der Waals surface area (Å²) in [5.74, 6) is -2.45. The molecular formula is C14H17FN2O3. The molecule has 1 aromatic rings. The van der Waals surface area contributed by atoms with Crippen LogP contribution in [-0.2, 0) is 0 Å². The average molecular weight is 280 g/mol. The van der Waals surface area contributed by atoms with E-state index in [2.05, 4.69) is 10.6 Å². The minimum Gasteiger partial charge on any atom is -0.362 e. The second kappa shape index (κ2) is 5.22. The van der Waals surface area contributed by atoms with Crippen LogP contribution in [0.5, 0.6) is 0 Å². The lowest BCUT2D eigenvalue weighted by atomic mass is 9.88. The lowest BCUT2D eigenvalue weighted by Crippen LogP contribution is -2.49. The Morgan fingerprint density at radius 2 is 1.90 bits per heavy atom. The minimum absolute atomic E-state index is 0.0644. The number of rotatable bonds is 3. The van der Waals surface area contributed by atoms with Crippen molar-refractivity contribution in [2.24, 2.45) is 0 Å². The molecular weight excluding hydrogens is 263 g/mol. The van der Waals surface area contributed by atoms with Crippen molar-refractivity contribution in [3.8, 4) is 0 Å². The van der Waals surface area contributed by atoms with Crippen molar-refractivity contribution < 1.29 is 19.4 Å². The Balaban J connectivity index is 2.50. The highest BCUT2D eigenvalue weighted by molar-refractivity contribution is 5.79. The second-order valence-electron chi connectivity index (χ2n) is 4.79. The highest BCUT2D eigenvalue weighted by Gasteiger charge is 2.38. The molecule has 1 aliphatic rings. The van der Waals surface area contributed by atoms with Crippen LogP contribution >= 0.6 is 0 Å². The van der Waals surface area contributed by atoms with Gasteiger partial charge in [0.2, 0.25) is 0 Å². The van der Waals surface area contributed by atoms with Crippen LogP contribution in [0.1, 0.15) is 31.9 Å². The zero-order chi connectivity index (χ0) is 14.9. The molecule has 2 amide bonds. The monoisotopic (exact) mass is 280 g/mol. The van der Waals surface area contributed by atoms with Crippen molar-refractivity contribution >= 4 is 6.03 Å². The molecule has 1 aliphatic heterocycles. The molecule has 0 spiro atoms. The van der Waals surface area contributed by atoms with Crippen molar-refractivity contribution in [1.29, 1.82) is 0 Å². The van der Waals surface area contributed by atoms with E-state index in [9.17, 15) is 19.4 Å². The van der Waals surface area contributed by atoms with Gasteiger partial charge in [0, 0.05) is 17.7 Å². The molecule has 5 nitrogen and oxygen atoms in total. The van der Waals surface area contributed by atoms with Crippen LogP contribution in [0.2, 0.25) is 0 Å². The summed E-state index contributed by atoms with van der Waals surface area (Å²) >= 11 is 0. The van der Waals surface area contributed by atoms with Crippen LogP contribution in [-0.4, -0.2) is 22.0 Å². The number of aliphatic hydroxyl groups is 2. The van der Waals surface area contributed by atoms with Gasteiger partial charge in [-0.2, -0.15) is 0 Å². The van der Waals surface area contributed by atoms with Crippen molar-refractivity contribution in [2.45, 2.75) is 32.1 Å².